The Kier molecular flexibility index (Phi) is 10.6. The molecule has 2 aromatic rings. The van der Waals surface area contributed by atoms with Crippen LogP contribution >= 0.6 is 24.0 Å². The predicted molar refractivity (Wildman–Crippen MR) is 127 cm³/mol. The van der Waals surface area contributed by atoms with E-state index in [4.69, 9.17) is 0 Å². The van der Waals surface area contributed by atoms with Crippen LogP contribution in [0.3, 0.4) is 0 Å². The summed E-state index contributed by atoms with van der Waals surface area (Å²) < 4.78 is 13.5. The van der Waals surface area contributed by atoms with Gasteiger partial charge in [-0.05, 0) is 23.3 Å². The summed E-state index contributed by atoms with van der Waals surface area (Å²) in [6.07, 6.45) is 0.348. The first kappa shape index (κ1) is 24.9. The summed E-state index contributed by atoms with van der Waals surface area (Å²) in [5.41, 5.74) is 1.71. The molecule has 3 N–H and O–H groups in total. The lowest BCUT2D eigenvalue weighted by atomic mass is 9.84. The van der Waals surface area contributed by atoms with Crippen molar-refractivity contribution >= 4 is 35.8 Å². The highest BCUT2D eigenvalue weighted by Gasteiger charge is 2.21. The van der Waals surface area contributed by atoms with E-state index in [9.17, 15) is 9.18 Å². The molecule has 0 saturated heterocycles. The van der Waals surface area contributed by atoms with Crippen molar-refractivity contribution < 1.29 is 9.18 Å². The maximum atomic E-state index is 13.5. The number of carbonyl (C=O) groups excluding carboxylic acids is 1. The summed E-state index contributed by atoms with van der Waals surface area (Å²) in [6.45, 7) is 5.66. The summed E-state index contributed by atoms with van der Waals surface area (Å²) >= 11 is 0. The Labute approximate surface area is 189 Å². The van der Waals surface area contributed by atoms with Crippen LogP contribution < -0.4 is 16.0 Å². The predicted octanol–water partition coefficient (Wildman–Crippen LogP) is 3.59. The zero-order chi connectivity index (χ0) is 20.4. The smallest absolute Gasteiger partial charge is 0.222 e. The van der Waals surface area contributed by atoms with E-state index in [0.29, 0.717) is 32.0 Å². The van der Waals surface area contributed by atoms with Crippen molar-refractivity contribution in [3.63, 3.8) is 0 Å². The van der Waals surface area contributed by atoms with Crippen LogP contribution in [-0.4, -0.2) is 32.0 Å². The number of benzene rings is 2. The second-order valence-corrected chi connectivity index (χ2v) is 7.26. The van der Waals surface area contributed by atoms with Crippen molar-refractivity contribution in [2.24, 2.45) is 4.99 Å². The zero-order valence-corrected chi connectivity index (χ0v) is 19.5. The number of halogens is 2. The van der Waals surface area contributed by atoms with Crippen LogP contribution in [-0.2, 0) is 16.8 Å². The van der Waals surface area contributed by atoms with Gasteiger partial charge in [-0.1, -0.05) is 56.3 Å². The minimum absolute atomic E-state index is 0. The van der Waals surface area contributed by atoms with Gasteiger partial charge in [-0.2, -0.15) is 0 Å². The van der Waals surface area contributed by atoms with E-state index in [1.165, 1.54) is 6.07 Å². The summed E-state index contributed by atoms with van der Waals surface area (Å²) in [7, 11) is 1.68. The zero-order valence-electron chi connectivity index (χ0n) is 17.2. The maximum absolute atomic E-state index is 13.5. The van der Waals surface area contributed by atoms with Crippen LogP contribution in [0.15, 0.2) is 59.6 Å². The first-order chi connectivity index (χ1) is 13.4. The maximum Gasteiger partial charge on any atom is 0.222 e. The van der Waals surface area contributed by atoms with Gasteiger partial charge in [0.1, 0.15) is 5.82 Å². The van der Waals surface area contributed by atoms with Crippen LogP contribution in [0.2, 0.25) is 0 Å². The third-order valence-corrected chi connectivity index (χ3v) is 4.50. The fourth-order valence-corrected chi connectivity index (χ4v) is 2.72. The quantitative estimate of drug-likeness (QED) is 0.288. The molecule has 0 aliphatic rings. The number of aliphatic imine (C=N–C) groups is 1. The largest absolute Gasteiger partial charge is 0.356 e. The van der Waals surface area contributed by atoms with Crippen molar-refractivity contribution in [3.05, 3.63) is 71.5 Å². The molecule has 0 heterocycles. The van der Waals surface area contributed by atoms with Crippen LogP contribution in [0, 0.1) is 5.82 Å². The Morgan fingerprint density at radius 2 is 1.76 bits per heavy atom. The molecule has 0 spiro atoms. The Hall–Kier alpha value is -2.16. The van der Waals surface area contributed by atoms with Gasteiger partial charge in [-0.15, -0.1) is 24.0 Å². The van der Waals surface area contributed by atoms with E-state index in [1.54, 1.807) is 19.2 Å². The number of amides is 1. The summed E-state index contributed by atoms with van der Waals surface area (Å²) in [5, 5.41) is 9.28. The number of hydrogen-bond donors (Lipinski definition) is 3. The van der Waals surface area contributed by atoms with Gasteiger partial charge in [-0.25, -0.2) is 4.39 Å². The molecule has 158 valence electrons. The number of guanidine groups is 1. The molecule has 0 aliphatic carbocycles. The molecule has 0 bridgehead atoms. The highest BCUT2D eigenvalue weighted by atomic mass is 127. The second kappa shape index (κ2) is 12.4. The number of hydrogen-bond acceptors (Lipinski definition) is 2. The van der Waals surface area contributed by atoms with Crippen LogP contribution in [0.1, 0.15) is 31.4 Å². The van der Waals surface area contributed by atoms with E-state index in [0.717, 1.165) is 11.1 Å². The van der Waals surface area contributed by atoms with Gasteiger partial charge >= 0.3 is 0 Å². The molecular weight excluding hydrogens is 482 g/mol. The highest BCUT2D eigenvalue weighted by molar-refractivity contribution is 14.0. The van der Waals surface area contributed by atoms with Crippen molar-refractivity contribution in [1.29, 1.82) is 0 Å². The van der Waals surface area contributed by atoms with E-state index >= 15 is 0 Å². The first-order valence-corrected chi connectivity index (χ1v) is 9.42. The number of nitrogens with one attached hydrogen (secondary N) is 3. The molecule has 0 fully saturated rings. The minimum atomic E-state index is -0.271. The molecule has 0 aliphatic heterocycles. The normalized spacial score (nSPS) is 11.4. The fourth-order valence-electron chi connectivity index (χ4n) is 2.72. The van der Waals surface area contributed by atoms with Gasteiger partial charge in [0.25, 0.3) is 0 Å². The standard InChI is InChI=1S/C22H29FN4O.HI/c1-22(2,18-10-7-11-19(23)14-18)16-27-21(24-3)25-13-12-20(28)26-15-17-8-5-4-6-9-17;/h4-11,14H,12-13,15-16H2,1-3H3,(H,26,28)(H2,24,25,27);1H. The lowest BCUT2D eigenvalue weighted by Gasteiger charge is -2.26. The molecule has 0 radical (unpaired) electrons. The summed E-state index contributed by atoms with van der Waals surface area (Å²) in [4.78, 5) is 16.2. The van der Waals surface area contributed by atoms with E-state index in [-0.39, 0.29) is 41.1 Å². The molecule has 2 rings (SSSR count). The second-order valence-electron chi connectivity index (χ2n) is 7.26. The Balaban J connectivity index is 0.00000420. The molecular formula is C22H30FIN4O. The minimum Gasteiger partial charge on any atom is -0.356 e. The molecule has 2 aromatic carbocycles. The Morgan fingerprint density at radius 3 is 2.41 bits per heavy atom. The Morgan fingerprint density at radius 1 is 1.03 bits per heavy atom. The molecule has 1 amide bonds. The van der Waals surface area contributed by atoms with Crippen molar-refractivity contribution in [2.45, 2.75) is 32.2 Å². The van der Waals surface area contributed by atoms with Crippen LogP contribution in [0.4, 0.5) is 4.39 Å². The molecule has 0 saturated carbocycles. The van der Waals surface area contributed by atoms with E-state index in [2.05, 4.69) is 20.9 Å². The van der Waals surface area contributed by atoms with Gasteiger partial charge in [0, 0.05) is 38.5 Å². The Bertz CT molecular complexity index is 796. The topological polar surface area (TPSA) is 65.5 Å². The third-order valence-electron chi connectivity index (χ3n) is 4.50. The fraction of sp³-hybridized carbons (Fsp3) is 0.364. The number of rotatable bonds is 8. The summed E-state index contributed by atoms with van der Waals surface area (Å²) in [6, 6.07) is 16.4. The van der Waals surface area contributed by atoms with E-state index in [1.807, 2.05) is 50.2 Å². The van der Waals surface area contributed by atoms with Gasteiger partial charge in [-0.3, -0.25) is 9.79 Å². The van der Waals surface area contributed by atoms with Crippen molar-refractivity contribution in [2.75, 3.05) is 20.1 Å². The average Bonchev–Trinajstić information content (AvgIpc) is 2.69. The van der Waals surface area contributed by atoms with Gasteiger partial charge in [0.2, 0.25) is 5.91 Å². The van der Waals surface area contributed by atoms with E-state index < -0.39 is 0 Å². The lowest BCUT2D eigenvalue weighted by molar-refractivity contribution is -0.121. The molecule has 5 nitrogen and oxygen atoms in total. The van der Waals surface area contributed by atoms with Gasteiger partial charge in [0.15, 0.2) is 5.96 Å². The molecule has 0 aromatic heterocycles. The van der Waals surface area contributed by atoms with Gasteiger partial charge < -0.3 is 16.0 Å². The molecule has 0 unspecified atom stereocenters. The first-order valence-electron chi connectivity index (χ1n) is 9.42. The molecule has 7 heteroatoms. The van der Waals surface area contributed by atoms with Crippen LogP contribution in [0.5, 0.6) is 0 Å². The monoisotopic (exact) mass is 512 g/mol. The molecule has 29 heavy (non-hydrogen) atoms. The van der Waals surface area contributed by atoms with Crippen molar-refractivity contribution in [3.8, 4) is 0 Å². The lowest BCUT2D eigenvalue weighted by Crippen LogP contribution is -2.44. The third kappa shape index (κ3) is 8.81. The van der Waals surface area contributed by atoms with Gasteiger partial charge in [0.05, 0.1) is 0 Å². The number of carbonyl (C=O) groups is 1. The number of nitrogens with zero attached hydrogens (tertiary/aromatic N) is 1. The average molecular weight is 512 g/mol. The SMILES string of the molecule is CN=C(NCCC(=O)NCc1ccccc1)NCC(C)(C)c1cccc(F)c1.I. The van der Waals surface area contributed by atoms with Crippen molar-refractivity contribution in [1.82, 2.24) is 16.0 Å². The molecule has 0 atom stereocenters. The van der Waals surface area contributed by atoms with Crippen LogP contribution in [0.25, 0.3) is 0 Å². The summed E-state index contributed by atoms with van der Waals surface area (Å²) in [5.74, 6) is 0.349. The highest BCUT2D eigenvalue weighted by Crippen LogP contribution is 2.22.